The van der Waals surface area contributed by atoms with Crippen LogP contribution in [0.3, 0.4) is 0 Å². The zero-order valence-electron chi connectivity index (χ0n) is 10.5. The first-order valence-corrected chi connectivity index (χ1v) is 7.65. The van der Waals surface area contributed by atoms with Crippen molar-refractivity contribution in [3.8, 4) is 0 Å². The summed E-state index contributed by atoms with van der Waals surface area (Å²) in [5.41, 5.74) is 4.25. The Labute approximate surface area is 125 Å². The van der Waals surface area contributed by atoms with E-state index in [-0.39, 0.29) is 46.5 Å². The molecule has 0 saturated carbocycles. The molecule has 0 spiro atoms. The van der Waals surface area contributed by atoms with Gasteiger partial charge in [-0.1, -0.05) is 39.8 Å². The number of rotatable bonds is 0. The Bertz CT molecular complexity index is 213. The summed E-state index contributed by atoms with van der Waals surface area (Å²) in [6.07, 6.45) is 3.36. The minimum Gasteiger partial charge on any atom is -1.00 e. The SMILES string of the molecule is CC1=[C-]C(C)C(C)=C1C.C[SiH2]C.[Cl-].[Cl-].[Ti+3]. The molecule has 0 bridgehead atoms. The Kier molecular flexibility index (Phi) is 21.8. The fourth-order valence-corrected chi connectivity index (χ4v) is 1.16. The Morgan fingerprint density at radius 3 is 1.47 bits per heavy atom. The third kappa shape index (κ3) is 8.76. The van der Waals surface area contributed by atoms with Gasteiger partial charge in [0.1, 0.15) is 0 Å². The minimum atomic E-state index is 0. The molecule has 1 rings (SSSR count). The molecule has 0 N–H and O–H groups in total. The van der Waals surface area contributed by atoms with Crippen LogP contribution < -0.4 is 24.8 Å². The van der Waals surface area contributed by atoms with E-state index in [4.69, 9.17) is 0 Å². The van der Waals surface area contributed by atoms with Gasteiger partial charge >= 0.3 is 21.7 Å². The van der Waals surface area contributed by atoms with Crippen LogP contribution in [-0.2, 0) is 21.7 Å². The second-order valence-electron chi connectivity index (χ2n) is 3.51. The quantitative estimate of drug-likeness (QED) is 0.330. The van der Waals surface area contributed by atoms with E-state index in [9.17, 15) is 0 Å². The molecule has 0 heterocycles. The number of hydrogen-bond acceptors (Lipinski definition) is 0. The molecule has 0 fully saturated rings. The summed E-state index contributed by atoms with van der Waals surface area (Å²) in [4.78, 5) is 0. The largest absolute Gasteiger partial charge is 3.00 e. The summed E-state index contributed by atoms with van der Waals surface area (Å²) in [6, 6.07) is 0. The van der Waals surface area contributed by atoms with Crippen molar-refractivity contribution in [2.24, 2.45) is 5.92 Å². The normalized spacial score (nSPS) is 17.5. The zero-order valence-corrected chi connectivity index (χ0v) is 15.0. The Morgan fingerprint density at radius 1 is 1.07 bits per heavy atom. The molecule has 0 aliphatic heterocycles. The monoisotopic (exact) mass is 299 g/mol. The smallest absolute Gasteiger partial charge is 1.00 e. The van der Waals surface area contributed by atoms with Gasteiger partial charge in [-0.2, -0.15) is 11.1 Å². The molecule has 15 heavy (non-hydrogen) atoms. The van der Waals surface area contributed by atoms with E-state index in [1.807, 2.05) is 0 Å². The van der Waals surface area contributed by atoms with Gasteiger partial charge in [-0.25, -0.2) is 5.57 Å². The molecule has 1 unspecified atom stereocenters. The first-order valence-electron chi connectivity index (χ1n) is 4.82. The average Bonchev–Trinajstić information content (AvgIpc) is 2.20. The third-order valence-electron chi connectivity index (χ3n) is 2.24. The van der Waals surface area contributed by atoms with Crippen LogP contribution in [0.2, 0.25) is 13.1 Å². The van der Waals surface area contributed by atoms with Crippen LogP contribution in [0.25, 0.3) is 0 Å². The first-order chi connectivity index (χ1) is 5.54. The van der Waals surface area contributed by atoms with Gasteiger partial charge in [0.2, 0.25) is 0 Å². The maximum absolute atomic E-state index is 3.36. The molecule has 1 aliphatic rings. The van der Waals surface area contributed by atoms with Crippen molar-refractivity contribution >= 4 is 9.52 Å². The molecule has 1 aliphatic carbocycles. The van der Waals surface area contributed by atoms with E-state index in [1.165, 1.54) is 16.7 Å². The second-order valence-corrected chi connectivity index (χ2v) is 4.92. The van der Waals surface area contributed by atoms with E-state index >= 15 is 0 Å². The van der Waals surface area contributed by atoms with E-state index in [2.05, 4.69) is 46.9 Å². The van der Waals surface area contributed by atoms with Crippen molar-refractivity contribution in [3.05, 3.63) is 22.8 Å². The standard InChI is InChI=1S/C9H13.C2H8Si.2ClH.Ti/c1-6-5-7(2)9(4)8(6)3;1-3-2;;;/h6H,1-4H3;3H2,1-2H3;2*1H;/q-1;;;;+3/p-2. The van der Waals surface area contributed by atoms with E-state index in [0.29, 0.717) is 15.4 Å². The molecule has 1 radical (unpaired) electrons. The van der Waals surface area contributed by atoms with Crippen molar-refractivity contribution in [1.82, 2.24) is 0 Å². The number of hydrogen-bond donors (Lipinski definition) is 0. The van der Waals surface area contributed by atoms with E-state index in [0.717, 1.165) is 0 Å². The fraction of sp³-hybridized carbons (Fsp3) is 0.636. The van der Waals surface area contributed by atoms with Crippen LogP contribution >= 0.6 is 0 Å². The van der Waals surface area contributed by atoms with Crippen LogP contribution in [0.1, 0.15) is 27.7 Å². The van der Waals surface area contributed by atoms with Gasteiger partial charge < -0.3 is 24.8 Å². The van der Waals surface area contributed by atoms with Crippen LogP contribution in [0.4, 0.5) is 0 Å². The van der Waals surface area contributed by atoms with Crippen molar-refractivity contribution in [2.75, 3.05) is 0 Å². The molecule has 0 amide bonds. The molecule has 87 valence electrons. The van der Waals surface area contributed by atoms with Crippen LogP contribution in [0.5, 0.6) is 0 Å². The Balaban J connectivity index is -0.0000000917. The Morgan fingerprint density at radius 2 is 1.40 bits per heavy atom. The molecule has 0 nitrogen and oxygen atoms in total. The van der Waals surface area contributed by atoms with Gasteiger partial charge in [-0.3, -0.25) is 6.08 Å². The summed E-state index contributed by atoms with van der Waals surface area (Å²) in [5.74, 6) is 0.560. The summed E-state index contributed by atoms with van der Waals surface area (Å²) < 4.78 is 0. The summed E-state index contributed by atoms with van der Waals surface area (Å²) in [5, 5.41) is 0. The fourth-order valence-electron chi connectivity index (χ4n) is 1.16. The summed E-state index contributed by atoms with van der Waals surface area (Å²) >= 11 is 0. The van der Waals surface area contributed by atoms with Gasteiger partial charge in [0.15, 0.2) is 0 Å². The van der Waals surface area contributed by atoms with E-state index in [1.54, 1.807) is 0 Å². The maximum Gasteiger partial charge on any atom is 3.00 e. The van der Waals surface area contributed by atoms with Crippen molar-refractivity contribution in [1.29, 1.82) is 0 Å². The summed E-state index contributed by atoms with van der Waals surface area (Å²) in [6.45, 7) is 13.2. The average molecular weight is 300 g/mol. The van der Waals surface area contributed by atoms with Gasteiger partial charge in [-0.05, 0) is 0 Å². The maximum atomic E-state index is 3.36. The molecule has 0 aromatic carbocycles. The molecule has 4 heteroatoms. The van der Waals surface area contributed by atoms with Gasteiger partial charge in [0.25, 0.3) is 0 Å². The molecular formula is C11H21Cl2SiTi. The van der Waals surface area contributed by atoms with Crippen molar-refractivity contribution in [3.63, 3.8) is 0 Å². The van der Waals surface area contributed by atoms with Crippen molar-refractivity contribution in [2.45, 2.75) is 40.8 Å². The van der Waals surface area contributed by atoms with Crippen LogP contribution in [0.15, 0.2) is 16.7 Å². The topological polar surface area (TPSA) is 0 Å². The summed E-state index contributed by atoms with van der Waals surface area (Å²) in [7, 11) is 0.417. The molecule has 0 saturated heterocycles. The van der Waals surface area contributed by atoms with Gasteiger partial charge in [0, 0.05) is 9.52 Å². The van der Waals surface area contributed by atoms with Crippen LogP contribution in [-0.4, -0.2) is 9.52 Å². The molecule has 0 aromatic heterocycles. The second kappa shape index (κ2) is 13.1. The van der Waals surface area contributed by atoms with Gasteiger partial charge in [0.05, 0.1) is 0 Å². The molecular weight excluding hydrogens is 279 g/mol. The number of allylic oxidation sites excluding steroid dienone is 4. The number of halogens is 2. The first kappa shape index (κ1) is 25.0. The Hall–Kier alpha value is 0.991. The minimum absolute atomic E-state index is 0. The predicted molar refractivity (Wildman–Crippen MR) is 60.2 cm³/mol. The molecule has 1 atom stereocenters. The van der Waals surface area contributed by atoms with Crippen molar-refractivity contribution < 1.29 is 46.5 Å². The van der Waals surface area contributed by atoms with Gasteiger partial charge in [-0.15, -0.1) is 6.92 Å². The van der Waals surface area contributed by atoms with Crippen LogP contribution in [0, 0.1) is 12.0 Å². The molecule has 0 aromatic rings. The predicted octanol–water partition coefficient (Wildman–Crippen LogP) is -3.02. The zero-order chi connectivity index (χ0) is 9.72. The van der Waals surface area contributed by atoms with E-state index < -0.39 is 0 Å². The third-order valence-corrected chi connectivity index (χ3v) is 2.24.